The van der Waals surface area contributed by atoms with E-state index in [1.54, 1.807) is 18.4 Å². The lowest BCUT2D eigenvalue weighted by Crippen LogP contribution is -2.53. The molecule has 2 fully saturated rings. The molecule has 2 amide bonds. The summed E-state index contributed by atoms with van der Waals surface area (Å²) in [6.45, 7) is 12.5. The molecular formula is C32H47N5O4S. The molecule has 1 aromatic heterocycles. The van der Waals surface area contributed by atoms with Crippen molar-refractivity contribution in [1.82, 2.24) is 20.1 Å². The molecule has 2 heterocycles. The minimum absolute atomic E-state index is 0.00326. The molecule has 0 radical (unpaired) electrons. The normalized spacial score (nSPS) is 28.9. The van der Waals surface area contributed by atoms with E-state index in [2.05, 4.69) is 41.3 Å². The molecule has 1 saturated heterocycles. The summed E-state index contributed by atoms with van der Waals surface area (Å²) in [5.41, 5.74) is 2.72. The number of amides is 2. The molecule has 1 saturated carbocycles. The summed E-state index contributed by atoms with van der Waals surface area (Å²) in [4.78, 5) is 36.8. The molecule has 9 nitrogen and oxygen atoms in total. The van der Waals surface area contributed by atoms with Gasteiger partial charge in [-0.15, -0.1) is 11.3 Å². The monoisotopic (exact) mass is 597 g/mol. The summed E-state index contributed by atoms with van der Waals surface area (Å²) in [6.07, 6.45) is 1.98. The van der Waals surface area contributed by atoms with Gasteiger partial charge >= 0.3 is 0 Å². The number of methoxy groups -OCH3 is 1. The van der Waals surface area contributed by atoms with Gasteiger partial charge in [0.05, 0.1) is 18.4 Å². The molecular weight excluding hydrogens is 550 g/mol. The average molecular weight is 598 g/mol. The Morgan fingerprint density at radius 2 is 1.93 bits per heavy atom. The van der Waals surface area contributed by atoms with Gasteiger partial charge in [0.15, 0.2) is 5.13 Å². The summed E-state index contributed by atoms with van der Waals surface area (Å²) in [5, 5.41) is 18.2. The number of likely N-dealkylation sites (N-methyl/N-ethyl adjacent to an activating group) is 1. The third-order valence-corrected chi connectivity index (χ3v) is 11.0. The summed E-state index contributed by atoms with van der Waals surface area (Å²) in [5.74, 6) is -0.556. The highest BCUT2D eigenvalue weighted by Crippen LogP contribution is 2.57. The van der Waals surface area contributed by atoms with Crippen LogP contribution in [0.4, 0.5) is 5.13 Å². The van der Waals surface area contributed by atoms with Crippen molar-refractivity contribution in [3.05, 3.63) is 46.0 Å². The number of ether oxygens (including phenoxy) is 1. The first kappa shape index (κ1) is 31.1. The fourth-order valence-electron chi connectivity index (χ4n) is 7.43. The van der Waals surface area contributed by atoms with Crippen LogP contribution in [0.2, 0.25) is 0 Å². The average Bonchev–Trinajstić information content (AvgIpc) is 3.36. The highest BCUT2D eigenvalue weighted by atomic mass is 32.1. The second-order valence-electron chi connectivity index (χ2n) is 13.0. The number of anilines is 1. The fraction of sp³-hybridized carbons (Fsp3) is 0.656. The van der Waals surface area contributed by atoms with Gasteiger partial charge < -0.3 is 20.1 Å². The quantitative estimate of drug-likeness (QED) is 0.380. The lowest BCUT2D eigenvalue weighted by atomic mass is 9.53. The number of carbonyl (C=O) groups excluding carboxylic acids is 2. The van der Waals surface area contributed by atoms with Gasteiger partial charge in [-0.25, -0.2) is 4.98 Å². The molecule has 230 valence electrons. The maximum absolute atomic E-state index is 13.1. The number of benzene rings is 1. The van der Waals surface area contributed by atoms with Crippen molar-refractivity contribution in [2.45, 2.75) is 58.6 Å². The zero-order valence-electron chi connectivity index (χ0n) is 25.7. The zero-order chi connectivity index (χ0) is 30.0. The SMILES string of the molecule is COCCNC(=O)C(C)C1CCC2(C)Cc3sc(NC(=O)c4ccc(CN5CCN(C)CC5)cc4)nc3C(C)C2C1O. The van der Waals surface area contributed by atoms with Crippen molar-refractivity contribution in [2.75, 3.05) is 58.8 Å². The Hall–Kier alpha value is -2.37. The van der Waals surface area contributed by atoms with Gasteiger partial charge in [-0.1, -0.05) is 32.9 Å². The number of piperazine rings is 1. The van der Waals surface area contributed by atoms with E-state index >= 15 is 0 Å². The predicted molar refractivity (Wildman–Crippen MR) is 166 cm³/mol. The Balaban J connectivity index is 1.23. The number of rotatable bonds is 9. The van der Waals surface area contributed by atoms with E-state index in [1.165, 1.54) is 10.4 Å². The third-order valence-electron chi connectivity index (χ3n) is 10.0. The van der Waals surface area contributed by atoms with Gasteiger partial charge in [0.2, 0.25) is 5.91 Å². The Bertz CT molecular complexity index is 1240. The molecule has 1 aromatic carbocycles. The number of hydrogen-bond acceptors (Lipinski definition) is 8. The van der Waals surface area contributed by atoms with Crippen LogP contribution in [0.5, 0.6) is 0 Å². The van der Waals surface area contributed by atoms with Gasteiger partial charge in [-0.3, -0.25) is 19.8 Å². The minimum atomic E-state index is -0.598. The molecule has 5 rings (SSSR count). The maximum Gasteiger partial charge on any atom is 0.257 e. The smallest absolute Gasteiger partial charge is 0.257 e. The van der Waals surface area contributed by atoms with E-state index in [9.17, 15) is 14.7 Å². The van der Waals surface area contributed by atoms with E-state index in [-0.39, 0.29) is 40.9 Å². The van der Waals surface area contributed by atoms with Crippen LogP contribution in [-0.4, -0.2) is 91.3 Å². The van der Waals surface area contributed by atoms with E-state index in [4.69, 9.17) is 9.72 Å². The van der Waals surface area contributed by atoms with Gasteiger partial charge in [0.25, 0.3) is 5.91 Å². The van der Waals surface area contributed by atoms with Crippen LogP contribution < -0.4 is 10.6 Å². The van der Waals surface area contributed by atoms with Crippen LogP contribution in [0.3, 0.4) is 0 Å². The molecule has 6 atom stereocenters. The predicted octanol–water partition coefficient (Wildman–Crippen LogP) is 3.59. The number of nitrogens with one attached hydrogen (secondary N) is 2. The Morgan fingerprint density at radius 1 is 1.21 bits per heavy atom. The number of hydrogen-bond donors (Lipinski definition) is 3. The maximum atomic E-state index is 13.1. The van der Waals surface area contributed by atoms with Crippen LogP contribution in [0.1, 0.15) is 66.0 Å². The Kier molecular flexibility index (Phi) is 9.69. The minimum Gasteiger partial charge on any atom is -0.392 e. The third kappa shape index (κ3) is 6.58. The van der Waals surface area contributed by atoms with Crippen molar-refractivity contribution in [2.24, 2.45) is 23.2 Å². The summed E-state index contributed by atoms with van der Waals surface area (Å²) >= 11 is 1.56. The number of fused-ring (bicyclic) bond motifs is 2. The molecule has 6 unspecified atom stereocenters. The Morgan fingerprint density at radius 3 is 2.62 bits per heavy atom. The number of aromatic nitrogens is 1. The number of carbonyl (C=O) groups is 2. The first-order valence-electron chi connectivity index (χ1n) is 15.3. The van der Waals surface area contributed by atoms with E-state index in [0.717, 1.165) is 57.7 Å². The lowest BCUT2D eigenvalue weighted by Gasteiger charge is -2.53. The van der Waals surface area contributed by atoms with Crippen molar-refractivity contribution in [3.63, 3.8) is 0 Å². The van der Waals surface area contributed by atoms with Crippen LogP contribution in [0.15, 0.2) is 24.3 Å². The molecule has 1 aliphatic heterocycles. The van der Waals surface area contributed by atoms with E-state index in [1.807, 2.05) is 31.2 Å². The number of nitrogens with zero attached hydrogens (tertiary/aromatic N) is 3. The molecule has 10 heteroatoms. The fourth-order valence-corrected chi connectivity index (χ4v) is 8.69. The van der Waals surface area contributed by atoms with Crippen LogP contribution in [0, 0.1) is 23.2 Å². The molecule has 42 heavy (non-hydrogen) atoms. The number of aliphatic hydroxyl groups excluding tert-OH is 1. The summed E-state index contributed by atoms with van der Waals surface area (Å²) < 4.78 is 5.05. The van der Waals surface area contributed by atoms with Gasteiger partial charge in [0.1, 0.15) is 0 Å². The largest absolute Gasteiger partial charge is 0.392 e. The molecule has 3 N–H and O–H groups in total. The Labute approximate surface area is 254 Å². The van der Waals surface area contributed by atoms with Crippen LogP contribution >= 0.6 is 11.3 Å². The van der Waals surface area contributed by atoms with Crippen molar-refractivity contribution in [3.8, 4) is 0 Å². The van der Waals surface area contributed by atoms with Gasteiger partial charge in [-0.05, 0) is 61.3 Å². The van der Waals surface area contributed by atoms with Gasteiger partial charge in [-0.2, -0.15) is 0 Å². The first-order valence-corrected chi connectivity index (χ1v) is 16.2. The highest BCUT2D eigenvalue weighted by Gasteiger charge is 2.53. The van der Waals surface area contributed by atoms with E-state index < -0.39 is 6.10 Å². The topological polar surface area (TPSA) is 107 Å². The molecule has 0 spiro atoms. The summed E-state index contributed by atoms with van der Waals surface area (Å²) in [7, 11) is 3.77. The van der Waals surface area contributed by atoms with E-state index in [0.29, 0.717) is 23.8 Å². The number of thiazole rings is 1. The van der Waals surface area contributed by atoms with Crippen molar-refractivity contribution < 1.29 is 19.4 Å². The zero-order valence-corrected chi connectivity index (χ0v) is 26.5. The molecule has 2 aliphatic carbocycles. The van der Waals surface area contributed by atoms with Crippen LogP contribution in [-0.2, 0) is 22.5 Å². The van der Waals surface area contributed by atoms with Crippen molar-refractivity contribution >= 4 is 28.3 Å². The van der Waals surface area contributed by atoms with Crippen molar-refractivity contribution in [1.29, 1.82) is 0 Å². The number of aliphatic hydroxyl groups is 1. The second-order valence-corrected chi connectivity index (χ2v) is 14.1. The molecule has 0 bridgehead atoms. The standard InChI is InChI=1S/C32H47N5O4S/c1-20(29(39)33-12-17-41-5)24-10-11-32(3)18-25-27(21(2)26(32)28(24)38)34-31(42-25)35-30(40)23-8-6-22(7-9-23)19-37-15-13-36(4)14-16-37/h6-9,20-21,24,26,28,38H,10-19H2,1-5H3,(H,33,39)(H,34,35,40). The van der Waals surface area contributed by atoms with Gasteiger partial charge in [0, 0.05) is 68.7 Å². The highest BCUT2D eigenvalue weighted by molar-refractivity contribution is 7.15. The second kappa shape index (κ2) is 13.1. The first-order chi connectivity index (χ1) is 20.1. The lowest BCUT2D eigenvalue weighted by molar-refractivity contribution is -0.135. The molecule has 2 aromatic rings. The summed E-state index contributed by atoms with van der Waals surface area (Å²) in [6, 6.07) is 7.89. The molecule has 3 aliphatic rings. The van der Waals surface area contributed by atoms with Crippen LogP contribution in [0.25, 0.3) is 0 Å².